The minimum Gasteiger partial charge on any atom is -0.366 e. The van der Waals surface area contributed by atoms with Gasteiger partial charge >= 0.3 is 0 Å². The van der Waals surface area contributed by atoms with Gasteiger partial charge in [0.1, 0.15) is 0 Å². The van der Waals surface area contributed by atoms with Crippen LogP contribution < -0.4 is 22.1 Å². The van der Waals surface area contributed by atoms with Crippen molar-refractivity contribution in [1.29, 1.82) is 0 Å². The SMILES string of the molecule is NCc1cc(C(=O)NCCCNC(=O)CCS)ccc1C(N)=O. The molecule has 0 heterocycles. The molecule has 3 amide bonds. The van der Waals surface area contributed by atoms with Crippen LogP contribution in [-0.4, -0.2) is 36.6 Å². The van der Waals surface area contributed by atoms with E-state index >= 15 is 0 Å². The first-order valence-electron chi connectivity index (χ1n) is 7.28. The van der Waals surface area contributed by atoms with Crippen LogP contribution in [0.25, 0.3) is 0 Å². The molecule has 0 fully saturated rings. The van der Waals surface area contributed by atoms with Crippen molar-refractivity contribution >= 4 is 30.4 Å². The van der Waals surface area contributed by atoms with Gasteiger partial charge in [0.15, 0.2) is 0 Å². The molecule has 7 nitrogen and oxygen atoms in total. The molecule has 0 saturated heterocycles. The maximum absolute atomic E-state index is 12.0. The normalized spacial score (nSPS) is 10.2. The van der Waals surface area contributed by atoms with Gasteiger partial charge in [-0.2, -0.15) is 12.6 Å². The Morgan fingerprint density at radius 1 is 1.13 bits per heavy atom. The molecule has 1 rings (SSSR count). The van der Waals surface area contributed by atoms with Gasteiger partial charge in [0.2, 0.25) is 11.8 Å². The van der Waals surface area contributed by atoms with E-state index in [4.69, 9.17) is 11.5 Å². The van der Waals surface area contributed by atoms with E-state index in [-0.39, 0.29) is 18.4 Å². The van der Waals surface area contributed by atoms with Crippen molar-refractivity contribution in [3.63, 3.8) is 0 Å². The fraction of sp³-hybridized carbons (Fsp3) is 0.400. The van der Waals surface area contributed by atoms with E-state index < -0.39 is 5.91 Å². The molecule has 0 saturated carbocycles. The van der Waals surface area contributed by atoms with Crippen LogP contribution in [0.1, 0.15) is 39.1 Å². The first-order chi connectivity index (χ1) is 11.0. The van der Waals surface area contributed by atoms with Gasteiger partial charge in [0.05, 0.1) is 0 Å². The van der Waals surface area contributed by atoms with Crippen molar-refractivity contribution in [2.24, 2.45) is 11.5 Å². The van der Waals surface area contributed by atoms with Crippen LogP contribution in [0.15, 0.2) is 18.2 Å². The zero-order valence-electron chi connectivity index (χ0n) is 12.8. The molecule has 0 aliphatic rings. The van der Waals surface area contributed by atoms with E-state index in [1.54, 1.807) is 6.07 Å². The molecule has 1 aromatic carbocycles. The minimum atomic E-state index is -0.575. The Balaban J connectivity index is 2.46. The molecule has 8 heteroatoms. The molecular formula is C15H22N4O3S. The van der Waals surface area contributed by atoms with E-state index in [1.165, 1.54) is 12.1 Å². The monoisotopic (exact) mass is 338 g/mol. The predicted octanol–water partition coefficient (Wildman–Crippen LogP) is -0.200. The second-order valence-corrected chi connectivity index (χ2v) is 5.32. The smallest absolute Gasteiger partial charge is 0.251 e. The molecule has 0 atom stereocenters. The number of nitrogens with one attached hydrogen (secondary N) is 2. The predicted molar refractivity (Wildman–Crippen MR) is 91.3 cm³/mol. The van der Waals surface area contributed by atoms with Gasteiger partial charge in [0, 0.05) is 37.2 Å². The Morgan fingerprint density at radius 2 is 1.83 bits per heavy atom. The lowest BCUT2D eigenvalue weighted by molar-refractivity contribution is -0.120. The van der Waals surface area contributed by atoms with Gasteiger partial charge in [0.25, 0.3) is 5.91 Å². The quantitative estimate of drug-likeness (QED) is 0.315. The molecule has 0 radical (unpaired) electrons. The Bertz CT molecular complexity index is 578. The van der Waals surface area contributed by atoms with E-state index in [2.05, 4.69) is 23.3 Å². The van der Waals surface area contributed by atoms with Crippen molar-refractivity contribution in [2.45, 2.75) is 19.4 Å². The molecule has 126 valence electrons. The van der Waals surface area contributed by atoms with Crippen LogP contribution in [0, 0.1) is 0 Å². The summed E-state index contributed by atoms with van der Waals surface area (Å²) in [7, 11) is 0. The number of carbonyl (C=O) groups excluding carboxylic acids is 3. The summed E-state index contributed by atoms with van der Waals surface area (Å²) in [6.07, 6.45) is 0.997. The maximum Gasteiger partial charge on any atom is 0.251 e. The molecule has 0 unspecified atom stereocenters. The number of amides is 3. The fourth-order valence-electron chi connectivity index (χ4n) is 1.95. The molecule has 0 bridgehead atoms. The summed E-state index contributed by atoms with van der Waals surface area (Å²) in [5, 5.41) is 5.47. The zero-order valence-corrected chi connectivity index (χ0v) is 13.7. The van der Waals surface area contributed by atoms with Crippen molar-refractivity contribution in [3.05, 3.63) is 34.9 Å². The standard InChI is InChI=1S/C15H22N4O3S/c16-9-11-8-10(2-3-12(11)14(17)21)15(22)19-6-1-5-18-13(20)4-7-23/h2-3,8,23H,1,4-7,9,16H2,(H2,17,21)(H,18,20)(H,19,22). The summed E-state index contributed by atoms with van der Waals surface area (Å²) in [6, 6.07) is 4.59. The highest BCUT2D eigenvalue weighted by Crippen LogP contribution is 2.11. The topological polar surface area (TPSA) is 127 Å². The van der Waals surface area contributed by atoms with Crippen LogP contribution in [0.2, 0.25) is 0 Å². The summed E-state index contributed by atoms with van der Waals surface area (Å²) < 4.78 is 0. The Morgan fingerprint density at radius 3 is 2.43 bits per heavy atom. The number of nitrogens with two attached hydrogens (primary N) is 2. The summed E-state index contributed by atoms with van der Waals surface area (Å²) in [5.74, 6) is -0.388. The fourth-order valence-corrected chi connectivity index (χ4v) is 2.16. The van der Waals surface area contributed by atoms with Crippen LogP contribution in [-0.2, 0) is 11.3 Å². The highest BCUT2D eigenvalue weighted by molar-refractivity contribution is 7.80. The van der Waals surface area contributed by atoms with E-state index in [9.17, 15) is 14.4 Å². The van der Waals surface area contributed by atoms with Gasteiger partial charge in [-0.15, -0.1) is 0 Å². The molecule has 6 N–H and O–H groups in total. The molecule has 23 heavy (non-hydrogen) atoms. The van der Waals surface area contributed by atoms with Crippen LogP contribution in [0.4, 0.5) is 0 Å². The first-order valence-corrected chi connectivity index (χ1v) is 7.91. The summed E-state index contributed by atoms with van der Waals surface area (Å²) in [6.45, 7) is 1.04. The second kappa shape index (κ2) is 9.86. The Labute approximate surface area is 140 Å². The number of benzene rings is 1. The third kappa shape index (κ3) is 6.29. The van der Waals surface area contributed by atoms with Crippen molar-refractivity contribution in [3.8, 4) is 0 Å². The van der Waals surface area contributed by atoms with E-state index in [0.29, 0.717) is 48.4 Å². The number of hydrogen-bond acceptors (Lipinski definition) is 5. The van der Waals surface area contributed by atoms with E-state index in [1.807, 2.05) is 0 Å². The number of thiol groups is 1. The van der Waals surface area contributed by atoms with Crippen LogP contribution in [0.5, 0.6) is 0 Å². The maximum atomic E-state index is 12.0. The molecule has 0 aromatic heterocycles. The molecule has 0 aliphatic carbocycles. The number of hydrogen-bond donors (Lipinski definition) is 5. The van der Waals surface area contributed by atoms with Crippen LogP contribution >= 0.6 is 12.6 Å². The van der Waals surface area contributed by atoms with Gasteiger partial charge < -0.3 is 22.1 Å². The van der Waals surface area contributed by atoms with Gasteiger partial charge in [-0.25, -0.2) is 0 Å². The Hall–Kier alpha value is -2.06. The second-order valence-electron chi connectivity index (χ2n) is 4.87. The largest absolute Gasteiger partial charge is 0.366 e. The lowest BCUT2D eigenvalue weighted by Gasteiger charge is -2.09. The highest BCUT2D eigenvalue weighted by Gasteiger charge is 2.11. The zero-order chi connectivity index (χ0) is 17.2. The summed E-state index contributed by atoms with van der Waals surface area (Å²) >= 11 is 3.97. The average molecular weight is 338 g/mol. The summed E-state index contributed by atoms with van der Waals surface area (Å²) in [4.78, 5) is 34.5. The molecule has 0 spiro atoms. The lowest BCUT2D eigenvalue weighted by atomic mass is 10.0. The molecule has 1 aromatic rings. The highest BCUT2D eigenvalue weighted by atomic mass is 32.1. The number of primary amides is 1. The molecule has 0 aliphatic heterocycles. The third-order valence-electron chi connectivity index (χ3n) is 3.15. The number of carbonyl (C=O) groups is 3. The van der Waals surface area contributed by atoms with Gasteiger partial charge in [-0.05, 0) is 35.9 Å². The van der Waals surface area contributed by atoms with Crippen molar-refractivity contribution in [2.75, 3.05) is 18.8 Å². The number of rotatable bonds is 9. The summed E-state index contributed by atoms with van der Waals surface area (Å²) in [5.41, 5.74) is 12.1. The Kier molecular flexibility index (Phi) is 8.14. The van der Waals surface area contributed by atoms with Gasteiger partial charge in [-0.1, -0.05) is 0 Å². The minimum absolute atomic E-state index is 0.0547. The first kappa shape index (κ1) is 19.0. The van der Waals surface area contributed by atoms with Crippen molar-refractivity contribution in [1.82, 2.24) is 10.6 Å². The lowest BCUT2D eigenvalue weighted by Crippen LogP contribution is -2.30. The van der Waals surface area contributed by atoms with Crippen molar-refractivity contribution < 1.29 is 14.4 Å². The van der Waals surface area contributed by atoms with Crippen LogP contribution in [0.3, 0.4) is 0 Å². The van der Waals surface area contributed by atoms with Gasteiger partial charge in [-0.3, -0.25) is 14.4 Å². The molecular weight excluding hydrogens is 316 g/mol. The average Bonchev–Trinajstić information content (AvgIpc) is 2.53. The van der Waals surface area contributed by atoms with E-state index in [0.717, 1.165) is 0 Å². The third-order valence-corrected chi connectivity index (χ3v) is 3.38.